The molecule has 1 fully saturated rings. The Bertz CT molecular complexity index is 1030. The maximum Gasteiger partial charge on any atom is 0.254 e. The third-order valence-corrected chi connectivity index (χ3v) is 5.39. The molecule has 1 heterocycles. The van der Waals surface area contributed by atoms with Crippen LogP contribution in [0.5, 0.6) is 11.5 Å². The quantitative estimate of drug-likeness (QED) is 0.594. The molecule has 0 aromatic heterocycles. The van der Waals surface area contributed by atoms with Crippen LogP contribution in [0.15, 0.2) is 72.8 Å². The molecule has 31 heavy (non-hydrogen) atoms. The van der Waals surface area contributed by atoms with E-state index in [1.54, 1.807) is 31.4 Å². The first-order valence-corrected chi connectivity index (χ1v) is 10.3. The first kappa shape index (κ1) is 20.7. The topological polar surface area (TPSA) is 42.0 Å². The molecule has 0 radical (unpaired) electrons. The van der Waals surface area contributed by atoms with Crippen LogP contribution in [0.4, 0.5) is 10.1 Å². The molecule has 0 bridgehead atoms. The second-order valence-electron chi connectivity index (χ2n) is 7.39. The molecule has 3 aromatic carbocycles. The van der Waals surface area contributed by atoms with Crippen LogP contribution in [0, 0.1) is 5.82 Å². The summed E-state index contributed by atoms with van der Waals surface area (Å²) < 4.78 is 24.3. The lowest BCUT2D eigenvalue weighted by atomic mass is 10.1. The van der Waals surface area contributed by atoms with Crippen LogP contribution in [-0.2, 0) is 6.61 Å². The molecule has 6 heteroatoms. The van der Waals surface area contributed by atoms with E-state index in [0.29, 0.717) is 31.0 Å². The minimum Gasteiger partial charge on any atom is -0.495 e. The molecule has 1 aliphatic heterocycles. The van der Waals surface area contributed by atoms with Crippen LogP contribution in [0.1, 0.15) is 15.9 Å². The van der Waals surface area contributed by atoms with E-state index in [0.717, 1.165) is 30.1 Å². The molecule has 0 aliphatic carbocycles. The number of nitrogens with zero attached hydrogens (tertiary/aromatic N) is 2. The van der Waals surface area contributed by atoms with Gasteiger partial charge in [-0.1, -0.05) is 30.3 Å². The molecule has 0 saturated carbocycles. The highest BCUT2D eigenvalue weighted by molar-refractivity contribution is 5.94. The Morgan fingerprint density at radius 1 is 0.935 bits per heavy atom. The number of carbonyl (C=O) groups is 1. The molecular weight excluding hydrogens is 395 g/mol. The van der Waals surface area contributed by atoms with E-state index in [1.807, 2.05) is 41.3 Å². The van der Waals surface area contributed by atoms with E-state index >= 15 is 0 Å². The normalized spacial score (nSPS) is 13.7. The number of methoxy groups -OCH3 is 1. The number of para-hydroxylation sites is 2. The van der Waals surface area contributed by atoms with Gasteiger partial charge >= 0.3 is 0 Å². The van der Waals surface area contributed by atoms with Crippen molar-refractivity contribution in [1.82, 2.24) is 4.90 Å². The van der Waals surface area contributed by atoms with Crippen LogP contribution in [-0.4, -0.2) is 44.1 Å². The number of hydrogen-bond acceptors (Lipinski definition) is 4. The zero-order valence-electron chi connectivity index (χ0n) is 17.5. The number of piperazine rings is 1. The molecule has 0 atom stereocenters. The number of ether oxygens (including phenoxy) is 2. The maximum atomic E-state index is 13.0. The van der Waals surface area contributed by atoms with Gasteiger partial charge in [0.15, 0.2) is 0 Å². The van der Waals surface area contributed by atoms with Gasteiger partial charge in [-0.2, -0.15) is 0 Å². The van der Waals surface area contributed by atoms with Gasteiger partial charge < -0.3 is 19.3 Å². The SMILES string of the molecule is COc1ccccc1N1CCN(C(=O)c2cccc(OCc3ccc(F)cc3)c2)CC1. The molecule has 0 N–H and O–H groups in total. The fraction of sp³-hybridized carbons (Fsp3) is 0.240. The summed E-state index contributed by atoms with van der Waals surface area (Å²) in [5, 5.41) is 0. The van der Waals surface area contributed by atoms with Gasteiger partial charge in [-0.05, 0) is 48.0 Å². The fourth-order valence-corrected chi connectivity index (χ4v) is 3.69. The Labute approximate surface area is 181 Å². The first-order valence-electron chi connectivity index (χ1n) is 10.3. The molecule has 0 unspecified atom stereocenters. The van der Waals surface area contributed by atoms with Crippen molar-refractivity contribution in [3.63, 3.8) is 0 Å². The average Bonchev–Trinajstić information content (AvgIpc) is 2.83. The van der Waals surface area contributed by atoms with E-state index < -0.39 is 0 Å². The van der Waals surface area contributed by atoms with Crippen molar-refractivity contribution in [2.75, 3.05) is 38.2 Å². The van der Waals surface area contributed by atoms with Crippen molar-refractivity contribution in [2.45, 2.75) is 6.61 Å². The van der Waals surface area contributed by atoms with E-state index in [1.165, 1.54) is 12.1 Å². The van der Waals surface area contributed by atoms with Crippen molar-refractivity contribution in [3.05, 3.63) is 89.7 Å². The summed E-state index contributed by atoms with van der Waals surface area (Å²) in [4.78, 5) is 17.1. The van der Waals surface area contributed by atoms with Gasteiger partial charge in [-0.3, -0.25) is 4.79 Å². The van der Waals surface area contributed by atoms with Gasteiger partial charge in [-0.25, -0.2) is 4.39 Å². The molecule has 3 aromatic rings. The van der Waals surface area contributed by atoms with E-state index in [4.69, 9.17) is 9.47 Å². The third-order valence-electron chi connectivity index (χ3n) is 5.39. The van der Waals surface area contributed by atoms with Crippen LogP contribution in [0.25, 0.3) is 0 Å². The molecule has 5 nitrogen and oxygen atoms in total. The monoisotopic (exact) mass is 420 g/mol. The van der Waals surface area contributed by atoms with Gasteiger partial charge in [0.05, 0.1) is 12.8 Å². The van der Waals surface area contributed by atoms with Gasteiger partial charge in [0.25, 0.3) is 5.91 Å². The molecule has 1 aliphatic rings. The number of anilines is 1. The fourth-order valence-electron chi connectivity index (χ4n) is 3.69. The van der Waals surface area contributed by atoms with Crippen LogP contribution in [0.3, 0.4) is 0 Å². The highest BCUT2D eigenvalue weighted by Gasteiger charge is 2.24. The predicted octanol–water partition coefficient (Wildman–Crippen LogP) is 4.38. The largest absolute Gasteiger partial charge is 0.495 e. The Kier molecular flexibility index (Phi) is 6.36. The lowest BCUT2D eigenvalue weighted by Crippen LogP contribution is -2.48. The molecule has 1 amide bonds. The summed E-state index contributed by atoms with van der Waals surface area (Å²) in [5.74, 6) is 1.17. The molecular formula is C25H25FN2O3. The zero-order valence-corrected chi connectivity index (χ0v) is 17.5. The number of rotatable bonds is 6. The van der Waals surface area contributed by atoms with E-state index in [9.17, 15) is 9.18 Å². The highest BCUT2D eigenvalue weighted by atomic mass is 19.1. The summed E-state index contributed by atoms with van der Waals surface area (Å²) in [6, 6.07) is 21.3. The summed E-state index contributed by atoms with van der Waals surface area (Å²) in [6.07, 6.45) is 0. The summed E-state index contributed by atoms with van der Waals surface area (Å²) in [7, 11) is 1.67. The zero-order chi connectivity index (χ0) is 21.6. The Hall–Kier alpha value is -3.54. The van der Waals surface area contributed by atoms with Gasteiger partial charge in [0.1, 0.15) is 23.9 Å². The molecule has 0 spiro atoms. The maximum absolute atomic E-state index is 13.0. The predicted molar refractivity (Wildman–Crippen MR) is 118 cm³/mol. The number of halogens is 1. The number of hydrogen-bond donors (Lipinski definition) is 0. The van der Waals surface area contributed by atoms with Gasteiger partial charge in [0.2, 0.25) is 0 Å². The lowest BCUT2D eigenvalue weighted by molar-refractivity contribution is 0.0746. The van der Waals surface area contributed by atoms with Gasteiger partial charge in [0, 0.05) is 31.7 Å². The number of benzene rings is 3. The lowest BCUT2D eigenvalue weighted by Gasteiger charge is -2.36. The third kappa shape index (κ3) is 4.97. The second-order valence-corrected chi connectivity index (χ2v) is 7.39. The van der Waals surface area contributed by atoms with Crippen molar-refractivity contribution in [3.8, 4) is 11.5 Å². The van der Waals surface area contributed by atoms with E-state index in [-0.39, 0.29) is 11.7 Å². The first-order chi connectivity index (χ1) is 15.1. The molecule has 1 saturated heterocycles. The molecule has 4 rings (SSSR count). The van der Waals surface area contributed by atoms with Crippen molar-refractivity contribution < 1.29 is 18.7 Å². The standard InChI is InChI=1S/C25H25FN2O3/c1-30-24-8-3-2-7-23(24)27-13-15-28(16-14-27)25(29)20-5-4-6-22(17-20)31-18-19-9-11-21(26)12-10-19/h2-12,17H,13-16,18H2,1H3. The van der Waals surface area contributed by atoms with Crippen molar-refractivity contribution in [1.29, 1.82) is 0 Å². The van der Waals surface area contributed by atoms with Crippen LogP contribution >= 0.6 is 0 Å². The minimum absolute atomic E-state index is 0.00749. The number of amides is 1. The molecule has 160 valence electrons. The number of carbonyl (C=O) groups excluding carboxylic acids is 1. The van der Waals surface area contributed by atoms with Crippen LogP contribution in [0.2, 0.25) is 0 Å². The Morgan fingerprint density at radius 3 is 2.42 bits per heavy atom. The smallest absolute Gasteiger partial charge is 0.254 e. The van der Waals surface area contributed by atoms with Crippen LogP contribution < -0.4 is 14.4 Å². The summed E-state index contributed by atoms with van der Waals surface area (Å²) in [5.41, 5.74) is 2.52. The van der Waals surface area contributed by atoms with Crippen molar-refractivity contribution in [2.24, 2.45) is 0 Å². The minimum atomic E-state index is -0.276. The van der Waals surface area contributed by atoms with E-state index in [2.05, 4.69) is 4.90 Å². The average molecular weight is 420 g/mol. The van der Waals surface area contributed by atoms with Gasteiger partial charge in [-0.15, -0.1) is 0 Å². The highest BCUT2D eigenvalue weighted by Crippen LogP contribution is 2.28. The summed E-state index contributed by atoms with van der Waals surface area (Å²) in [6.45, 7) is 3.07. The Morgan fingerprint density at radius 2 is 1.68 bits per heavy atom. The Balaban J connectivity index is 1.36. The second kappa shape index (κ2) is 9.51. The summed E-state index contributed by atoms with van der Waals surface area (Å²) >= 11 is 0. The van der Waals surface area contributed by atoms with Crippen molar-refractivity contribution >= 4 is 11.6 Å².